The van der Waals surface area contributed by atoms with Crippen molar-refractivity contribution in [2.45, 2.75) is 18.9 Å². The van der Waals surface area contributed by atoms with Crippen molar-refractivity contribution in [1.82, 2.24) is 15.6 Å². The van der Waals surface area contributed by atoms with E-state index in [1.54, 1.807) is 48.8 Å². The minimum atomic E-state index is -0.917. The highest BCUT2D eigenvalue weighted by Crippen LogP contribution is 2.23. The summed E-state index contributed by atoms with van der Waals surface area (Å²) < 4.78 is 0. The highest BCUT2D eigenvalue weighted by atomic mass is 35.5. The topological polar surface area (TPSA) is 107 Å². The number of aromatic hydroxyl groups is 1. The van der Waals surface area contributed by atoms with Crippen LogP contribution in [-0.4, -0.2) is 41.7 Å². The first-order chi connectivity index (χ1) is 17.0. The van der Waals surface area contributed by atoms with Crippen LogP contribution in [0.1, 0.15) is 24.4 Å². The lowest BCUT2D eigenvalue weighted by molar-refractivity contribution is -0.123. The maximum Gasteiger partial charge on any atom is 0.320 e. The van der Waals surface area contributed by atoms with Gasteiger partial charge in [-0.25, -0.2) is 4.79 Å². The van der Waals surface area contributed by atoms with Gasteiger partial charge in [0.1, 0.15) is 11.8 Å². The number of aromatic nitrogens is 1. The second kappa shape index (κ2) is 11.6. The SMILES string of the molecule is O=C(Nc1ccc(Cl)cc1)NC(C(=O)NCC1CCN(c2ccncc2)CC1)c1ccc(O)cc1. The fourth-order valence-corrected chi connectivity index (χ4v) is 4.22. The number of phenolic OH excluding ortho intramolecular Hbond substituents is 1. The molecular weight excluding hydrogens is 466 g/mol. The van der Waals surface area contributed by atoms with E-state index in [1.807, 2.05) is 12.1 Å². The van der Waals surface area contributed by atoms with E-state index in [1.165, 1.54) is 12.1 Å². The lowest BCUT2D eigenvalue weighted by Gasteiger charge is -2.33. The molecule has 1 saturated heterocycles. The number of hydrogen-bond acceptors (Lipinski definition) is 5. The van der Waals surface area contributed by atoms with Crippen LogP contribution >= 0.6 is 11.6 Å². The molecule has 1 atom stereocenters. The first kappa shape index (κ1) is 24.3. The molecule has 1 aliphatic rings. The number of anilines is 2. The fourth-order valence-electron chi connectivity index (χ4n) is 4.10. The van der Waals surface area contributed by atoms with Crippen LogP contribution in [0.25, 0.3) is 0 Å². The molecule has 3 amide bonds. The summed E-state index contributed by atoms with van der Waals surface area (Å²) in [6.45, 7) is 2.35. The van der Waals surface area contributed by atoms with Crippen molar-refractivity contribution in [3.63, 3.8) is 0 Å². The van der Waals surface area contributed by atoms with Gasteiger partial charge in [-0.15, -0.1) is 0 Å². The highest BCUT2D eigenvalue weighted by Gasteiger charge is 2.25. The van der Waals surface area contributed by atoms with Crippen molar-refractivity contribution in [2.24, 2.45) is 5.92 Å². The number of carbonyl (C=O) groups is 2. The molecule has 35 heavy (non-hydrogen) atoms. The number of amides is 3. The Balaban J connectivity index is 1.35. The Morgan fingerprint density at radius 2 is 1.66 bits per heavy atom. The van der Waals surface area contributed by atoms with Crippen LogP contribution in [0.3, 0.4) is 0 Å². The predicted molar refractivity (Wildman–Crippen MR) is 137 cm³/mol. The number of nitrogens with zero attached hydrogens (tertiary/aromatic N) is 2. The minimum absolute atomic E-state index is 0.0829. The smallest absolute Gasteiger partial charge is 0.320 e. The average molecular weight is 494 g/mol. The van der Waals surface area contributed by atoms with Crippen molar-refractivity contribution in [3.8, 4) is 5.75 Å². The van der Waals surface area contributed by atoms with Crippen LogP contribution in [0, 0.1) is 5.92 Å². The zero-order valence-corrected chi connectivity index (χ0v) is 19.9. The Morgan fingerprint density at radius 1 is 1.00 bits per heavy atom. The van der Waals surface area contributed by atoms with Crippen molar-refractivity contribution in [3.05, 3.63) is 83.6 Å². The number of phenols is 1. The number of hydrogen-bond donors (Lipinski definition) is 4. The molecule has 0 aliphatic carbocycles. The summed E-state index contributed by atoms with van der Waals surface area (Å²) in [5, 5.41) is 18.7. The number of urea groups is 1. The first-order valence-electron chi connectivity index (χ1n) is 11.5. The van der Waals surface area contributed by atoms with Gasteiger partial charge in [0.25, 0.3) is 0 Å². The van der Waals surface area contributed by atoms with Crippen molar-refractivity contribution < 1.29 is 14.7 Å². The number of piperidine rings is 1. The summed E-state index contributed by atoms with van der Waals surface area (Å²) in [7, 11) is 0. The lowest BCUT2D eigenvalue weighted by Crippen LogP contribution is -2.44. The normalized spacial score (nSPS) is 14.7. The summed E-state index contributed by atoms with van der Waals surface area (Å²) >= 11 is 5.90. The molecule has 4 rings (SSSR count). The fraction of sp³-hybridized carbons (Fsp3) is 0.269. The van der Waals surface area contributed by atoms with E-state index in [9.17, 15) is 14.7 Å². The van der Waals surface area contributed by atoms with Crippen LogP contribution in [0.2, 0.25) is 5.02 Å². The average Bonchev–Trinajstić information content (AvgIpc) is 2.89. The van der Waals surface area contributed by atoms with E-state index in [0.717, 1.165) is 31.6 Å². The van der Waals surface area contributed by atoms with Gasteiger partial charge in [-0.05, 0) is 72.9 Å². The van der Waals surface area contributed by atoms with Gasteiger partial charge < -0.3 is 26.0 Å². The molecule has 1 aliphatic heterocycles. The molecule has 0 spiro atoms. The lowest BCUT2D eigenvalue weighted by atomic mass is 9.96. The zero-order chi connectivity index (χ0) is 24.6. The third kappa shape index (κ3) is 6.86. The number of benzene rings is 2. The Bertz CT molecular complexity index is 1120. The maximum absolute atomic E-state index is 13.1. The van der Waals surface area contributed by atoms with Crippen LogP contribution < -0.4 is 20.9 Å². The van der Waals surface area contributed by atoms with Gasteiger partial charge in [-0.3, -0.25) is 9.78 Å². The van der Waals surface area contributed by atoms with Gasteiger partial charge in [-0.1, -0.05) is 23.7 Å². The third-order valence-corrected chi connectivity index (χ3v) is 6.33. The van der Waals surface area contributed by atoms with Gasteiger partial charge in [0.2, 0.25) is 5.91 Å². The number of pyridine rings is 1. The zero-order valence-electron chi connectivity index (χ0n) is 19.2. The third-order valence-electron chi connectivity index (χ3n) is 6.07. The Kier molecular flexibility index (Phi) is 8.05. The predicted octanol–water partition coefficient (Wildman–Crippen LogP) is 4.34. The number of nitrogens with one attached hydrogen (secondary N) is 3. The Labute approximate surface area is 209 Å². The first-order valence-corrected chi connectivity index (χ1v) is 11.9. The Hall–Kier alpha value is -3.78. The van der Waals surface area contributed by atoms with Gasteiger partial charge in [0.15, 0.2) is 0 Å². The van der Waals surface area contributed by atoms with Crippen LogP contribution in [-0.2, 0) is 4.79 Å². The maximum atomic E-state index is 13.1. The minimum Gasteiger partial charge on any atom is -0.508 e. The van der Waals surface area contributed by atoms with Crippen molar-refractivity contribution in [2.75, 3.05) is 29.9 Å². The largest absolute Gasteiger partial charge is 0.508 e. The van der Waals surface area contributed by atoms with Gasteiger partial charge >= 0.3 is 6.03 Å². The molecule has 2 heterocycles. The molecular formula is C26H28ClN5O3. The molecule has 3 aromatic rings. The number of rotatable bonds is 7. The molecule has 1 aromatic heterocycles. The monoisotopic (exact) mass is 493 g/mol. The molecule has 0 radical (unpaired) electrons. The van der Waals surface area contributed by atoms with E-state index in [-0.39, 0.29) is 11.7 Å². The summed E-state index contributed by atoms with van der Waals surface area (Å²) in [5.41, 5.74) is 2.28. The molecule has 2 aromatic carbocycles. The van der Waals surface area contributed by atoms with Crippen molar-refractivity contribution >= 4 is 34.9 Å². The Morgan fingerprint density at radius 3 is 2.31 bits per heavy atom. The molecule has 1 fully saturated rings. The van der Waals surface area contributed by atoms with Gasteiger partial charge in [-0.2, -0.15) is 0 Å². The van der Waals surface area contributed by atoms with Gasteiger partial charge in [0.05, 0.1) is 0 Å². The van der Waals surface area contributed by atoms with Crippen molar-refractivity contribution in [1.29, 1.82) is 0 Å². The van der Waals surface area contributed by atoms with Gasteiger partial charge in [0, 0.05) is 48.4 Å². The number of carbonyl (C=O) groups excluding carboxylic acids is 2. The summed E-state index contributed by atoms with van der Waals surface area (Å²) in [6.07, 6.45) is 5.50. The van der Waals surface area contributed by atoms with E-state index in [4.69, 9.17) is 11.6 Å². The molecule has 182 valence electrons. The molecule has 0 bridgehead atoms. The van der Waals surface area contributed by atoms with Crippen LogP contribution in [0.5, 0.6) is 5.75 Å². The molecule has 8 nitrogen and oxygen atoms in total. The van der Waals surface area contributed by atoms with E-state index in [2.05, 4.69) is 25.8 Å². The van der Waals surface area contributed by atoms with E-state index >= 15 is 0 Å². The molecule has 0 saturated carbocycles. The summed E-state index contributed by atoms with van der Waals surface area (Å²) in [5.74, 6) is 0.124. The van der Waals surface area contributed by atoms with E-state index in [0.29, 0.717) is 28.7 Å². The summed E-state index contributed by atoms with van der Waals surface area (Å²) in [6, 6.07) is 15.5. The second-order valence-electron chi connectivity index (χ2n) is 8.51. The standard InChI is InChI=1S/C26H28ClN5O3/c27-20-3-5-21(6-4-20)30-26(35)31-24(19-1-7-23(33)8-2-19)25(34)29-17-18-11-15-32(16-12-18)22-9-13-28-14-10-22/h1-10,13-14,18,24,33H,11-12,15-17H2,(H,29,34)(H2,30,31,35). The second-order valence-corrected chi connectivity index (χ2v) is 8.95. The quantitative estimate of drug-likeness (QED) is 0.392. The number of halogens is 1. The molecule has 9 heteroatoms. The molecule has 4 N–H and O–H groups in total. The molecule has 1 unspecified atom stereocenters. The van der Waals surface area contributed by atoms with Crippen LogP contribution in [0.4, 0.5) is 16.2 Å². The van der Waals surface area contributed by atoms with E-state index < -0.39 is 12.1 Å². The summed E-state index contributed by atoms with van der Waals surface area (Å²) in [4.78, 5) is 32.2. The highest BCUT2D eigenvalue weighted by molar-refractivity contribution is 6.30. The van der Waals surface area contributed by atoms with Crippen LogP contribution in [0.15, 0.2) is 73.1 Å².